The van der Waals surface area contributed by atoms with Gasteiger partial charge in [-0.25, -0.2) is 0 Å². The number of amides is 3. The summed E-state index contributed by atoms with van der Waals surface area (Å²) in [7, 11) is 3.31. The fraction of sp³-hybridized carbons (Fsp3) is 0.348. The van der Waals surface area contributed by atoms with Gasteiger partial charge in [-0.2, -0.15) is 0 Å². The summed E-state index contributed by atoms with van der Waals surface area (Å²) in [5.74, 6) is -0.554. The van der Waals surface area contributed by atoms with Gasteiger partial charge in [-0.3, -0.25) is 14.4 Å². The molecule has 0 saturated carbocycles. The smallest absolute Gasteiger partial charge is 0.251 e. The van der Waals surface area contributed by atoms with Crippen LogP contribution in [0.25, 0.3) is 0 Å². The largest absolute Gasteiger partial charge is 0.355 e. The number of nitrogens with one attached hydrogen (secondary N) is 2. The Morgan fingerprint density at radius 3 is 2.07 bits per heavy atom. The lowest BCUT2D eigenvalue weighted by Crippen LogP contribution is -2.50. The Bertz CT molecular complexity index is 834. The Balaban J connectivity index is 2.09. The number of rotatable bonds is 8. The second-order valence-corrected chi connectivity index (χ2v) is 7.17. The molecule has 6 nitrogen and oxygen atoms in total. The van der Waals surface area contributed by atoms with Crippen molar-refractivity contribution < 1.29 is 14.4 Å². The van der Waals surface area contributed by atoms with Gasteiger partial charge in [-0.05, 0) is 35.7 Å². The predicted molar refractivity (Wildman–Crippen MR) is 113 cm³/mol. The highest BCUT2D eigenvalue weighted by molar-refractivity contribution is 5.97. The van der Waals surface area contributed by atoms with E-state index < -0.39 is 6.04 Å². The summed E-state index contributed by atoms with van der Waals surface area (Å²) in [6, 6.07) is 15.4. The van der Waals surface area contributed by atoms with Gasteiger partial charge in [0.2, 0.25) is 5.91 Å². The Morgan fingerprint density at radius 1 is 0.931 bits per heavy atom. The first-order valence-corrected chi connectivity index (χ1v) is 9.79. The molecule has 0 unspecified atom stereocenters. The lowest BCUT2D eigenvalue weighted by Gasteiger charge is -2.28. The first-order valence-electron chi connectivity index (χ1n) is 9.79. The number of hydrogen-bond acceptors (Lipinski definition) is 3. The Morgan fingerprint density at radius 2 is 1.52 bits per heavy atom. The monoisotopic (exact) mass is 395 g/mol. The van der Waals surface area contributed by atoms with Crippen molar-refractivity contribution >= 4 is 17.7 Å². The van der Waals surface area contributed by atoms with Crippen molar-refractivity contribution in [3.8, 4) is 0 Å². The summed E-state index contributed by atoms with van der Waals surface area (Å²) in [6.45, 7) is 4.35. The fourth-order valence-electron chi connectivity index (χ4n) is 2.99. The topological polar surface area (TPSA) is 78.5 Å². The normalized spacial score (nSPS) is 12.6. The van der Waals surface area contributed by atoms with E-state index >= 15 is 0 Å². The van der Waals surface area contributed by atoms with Crippen molar-refractivity contribution in [2.24, 2.45) is 5.92 Å². The Labute approximate surface area is 172 Å². The molecule has 6 heteroatoms. The number of nitrogens with zero attached hydrogens (tertiary/aromatic N) is 1. The van der Waals surface area contributed by atoms with Gasteiger partial charge in [0.05, 0.1) is 0 Å². The van der Waals surface area contributed by atoms with Crippen LogP contribution in [0.2, 0.25) is 0 Å². The molecule has 154 valence electrons. The van der Waals surface area contributed by atoms with Gasteiger partial charge in [0.25, 0.3) is 11.8 Å². The van der Waals surface area contributed by atoms with E-state index in [1.54, 1.807) is 55.4 Å². The number of likely N-dealkylation sites (N-methyl/N-ethyl adjacent to an activating group) is 1. The molecular weight excluding hydrogens is 366 g/mol. The van der Waals surface area contributed by atoms with Crippen LogP contribution in [0.1, 0.15) is 46.5 Å². The Kier molecular flexibility index (Phi) is 7.95. The average Bonchev–Trinajstić information content (AvgIpc) is 2.76. The lowest BCUT2D eigenvalue weighted by molar-refractivity contribution is -0.133. The minimum absolute atomic E-state index is 0.00626. The highest BCUT2D eigenvalue weighted by Crippen LogP contribution is 2.14. The van der Waals surface area contributed by atoms with Gasteiger partial charge >= 0.3 is 0 Å². The molecule has 0 fully saturated rings. The molecule has 0 aliphatic rings. The van der Waals surface area contributed by atoms with Crippen LogP contribution >= 0.6 is 0 Å². The maximum Gasteiger partial charge on any atom is 0.251 e. The van der Waals surface area contributed by atoms with Gasteiger partial charge in [0.15, 0.2) is 0 Å². The quantitative estimate of drug-likeness (QED) is 0.721. The zero-order valence-electron chi connectivity index (χ0n) is 17.4. The van der Waals surface area contributed by atoms with Crippen LogP contribution in [0, 0.1) is 5.92 Å². The molecule has 0 saturated heterocycles. The SMILES string of the molecule is CC[C@H](C)[C@H](NC(=O)c1ccccc1)C(=O)N(C)Cc1ccc(C(=O)NC)cc1. The highest BCUT2D eigenvalue weighted by Gasteiger charge is 2.28. The maximum absolute atomic E-state index is 13.1. The molecular formula is C23H29N3O3. The second kappa shape index (κ2) is 10.4. The molecule has 2 aromatic carbocycles. The lowest BCUT2D eigenvalue weighted by atomic mass is 9.97. The van der Waals surface area contributed by atoms with E-state index in [-0.39, 0.29) is 23.6 Å². The van der Waals surface area contributed by atoms with E-state index in [9.17, 15) is 14.4 Å². The standard InChI is InChI=1S/C23H29N3O3/c1-5-16(2)20(25-22(28)18-9-7-6-8-10-18)23(29)26(4)15-17-11-13-19(14-12-17)21(27)24-3/h6-14,16,20H,5,15H2,1-4H3,(H,24,27)(H,25,28)/t16-,20-/m0/s1. The van der Waals surface area contributed by atoms with Crippen LogP contribution in [0.5, 0.6) is 0 Å². The van der Waals surface area contributed by atoms with E-state index in [0.29, 0.717) is 17.7 Å². The van der Waals surface area contributed by atoms with Gasteiger partial charge in [-0.1, -0.05) is 50.6 Å². The molecule has 0 bridgehead atoms. The van der Waals surface area contributed by atoms with Gasteiger partial charge in [0, 0.05) is 31.8 Å². The molecule has 2 aromatic rings. The van der Waals surface area contributed by atoms with E-state index in [2.05, 4.69) is 10.6 Å². The minimum Gasteiger partial charge on any atom is -0.355 e. The van der Waals surface area contributed by atoms with E-state index in [0.717, 1.165) is 12.0 Å². The first kappa shape index (κ1) is 22.1. The minimum atomic E-state index is -0.608. The van der Waals surface area contributed by atoms with Crippen LogP contribution in [-0.4, -0.2) is 42.8 Å². The maximum atomic E-state index is 13.1. The van der Waals surface area contributed by atoms with Crippen molar-refractivity contribution in [3.63, 3.8) is 0 Å². The summed E-state index contributed by atoms with van der Waals surface area (Å²) in [5.41, 5.74) is 2.00. The third-order valence-electron chi connectivity index (χ3n) is 5.04. The van der Waals surface area contributed by atoms with Crippen LogP contribution in [-0.2, 0) is 11.3 Å². The molecule has 2 atom stereocenters. The van der Waals surface area contributed by atoms with Crippen LogP contribution in [0.15, 0.2) is 54.6 Å². The fourth-order valence-corrected chi connectivity index (χ4v) is 2.99. The van der Waals surface area contributed by atoms with E-state index in [4.69, 9.17) is 0 Å². The van der Waals surface area contributed by atoms with Gasteiger partial charge in [0.1, 0.15) is 6.04 Å². The zero-order chi connectivity index (χ0) is 21.4. The van der Waals surface area contributed by atoms with E-state index in [1.165, 1.54) is 0 Å². The molecule has 2 N–H and O–H groups in total. The molecule has 0 aliphatic carbocycles. The van der Waals surface area contributed by atoms with Crippen LogP contribution < -0.4 is 10.6 Å². The molecule has 0 aliphatic heterocycles. The van der Waals surface area contributed by atoms with Crippen LogP contribution in [0.3, 0.4) is 0 Å². The number of carbonyl (C=O) groups excluding carboxylic acids is 3. The third kappa shape index (κ3) is 5.91. The molecule has 0 heterocycles. The zero-order valence-corrected chi connectivity index (χ0v) is 17.4. The summed E-state index contributed by atoms with van der Waals surface area (Å²) in [4.78, 5) is 38.9. The number of benzene rings is 2. The third-order valence-corrected chi connectivity index (χ3v) is 5.04. The van der Waals surface area contributed by atoms with Crippen molar-refractivity contribution in [2.45, 2.75) is 32.9 Å². The number of hydrogen-bond donors (Lipinski definition) is 2. The average molecular weight is 396 g/mol. The Hall–Kier alpha value is -3.15. The van der Waals surface area contributed by atoms with Gasteiger partial charge < -0.3 is 15.5 Å². The first-order chi connectivity index (χ1) is 13.9. The second-order valence-electron chi connectivity index (χ2n) is 7.17. The molecule has 29 heavy (non-hydrogen) atoms. The van der Waals surface area contributed by atoms with Crippen molar-refractivity contribution in [1.82, 2.24) is 15.5 Å². The van der Waals surface area contributed by atoms with Crippen molar-refractivity contribution in [1.29, 1.82) is 0 Å². The van der Waals surface area contributed by atoms with Gasteiger partial charge in [-0.15, -0.1) is 0 Å². The molecule has 2 rings (SSSR count). The number of carbonyl (C=O) groups is 3. The predicted octanol–water partition coefficient (Wildman–Crippen LogP) is 2.85. The van der Waals surface area contributed by atoms with Crippen molar-refractivity contribution in [3.05, 3.63) is 71.3 Å². The molecule has 0 radical (unpaired) electrons. The van der Waals surface area contributed by atoms with E-state index in [1.807, 2.05) is 32.0 Å². The summed E-state index contributed by atoms with van der Waals surface area (Å²) in [5, 5.41) is 5.48. The summed E-state index contributed by atoms with van der Waals surface area (Å²) in [6.07, 6.45) is 0.764. The van der Waals surface area contributed by atoms with Crippen molar-refractivity contribution in [2.75, 3.05) is 14.1 Å². The molecule has 3 amide bonds. The summed E-state index contributed by atoms with van der Waals surface area (Å²) >= 11 is 0. The van der Waals surface area contributed by atoms with Crippen LogP contribution in [0.4, 0.5) is 0 Å². The molecule has 0 spiro atoms. The molecule has 0 aromatic heterocycles. The summed E-state index contributed by atoms with van der Waals surface area (Å²) < 4.78 is 0. The highest BCUT2D eigenvalue weighted by atomic mass is 16.2.